The van der Waals surface area contributed by atoms with Crippen molar-refractivity contribution in [2.45, 2.75) is 44.6 Å². The van der Waals surface area contributed by atoms with Crippen molar-refractivity contribution in [1.29, 1.82) is 0 Å². The molecule has 1 heterocycles. The van der Waals surface area contributed by atoms with Crippen molar-refractivity contribution in [3.8, 4) is 0 Å². The summed E-state index contributed by atoms with van der Waals surface area (Å²) in [5, 5.41) is 3.80. The number of thioether (sulfide) groups is 1. The molecule has 2 fully saturated rings. The highest BCUT2D eigenvalue weighted by molar-refractivity contribution is 7.99. The summed E-state index contributed by atoms with van der Waals surface area (Å²) >= 11 is 2.11. The Labute approximate surface area is 104 Å². The van der Waals surface area contributed by atoms with E-state index < -0.39 is 0 Å². The SMILES string of the molecule is COCCC1(CNC2CCCSC2)CCC1. The van der Waals surface area contributed by atoms with Crippen LogP contribution < -0.4 is 5.32 Å². The van der Waals surface area contributed by atoms with Gasteiger partial charge in [-0.05, 0) is 43.3 Å². The van der Waals surface area contributed by atoms with E-state index in [0.29, 0.717) is 5.41 Å². The highest BCUT2D eigenvalue weighted by Gasteiger charge is 2.36. The normalized spacial score (nSPS) is 28.7. The van der Waals surface area contributed by atoms with E-state index in [0.717, 1.165) is 12.6 Å². The van der Waals surface area contributed by atoms with Gasteiger partial charge in [0.25, 0.3) is 0 Å². The van der Waals surface area contributed by atoms with Gasteiger partial charge in [-0.1, -0.05) is 6.42 Å². The minimum Gasteiger partial charge on any atom is -0.385 e. The first-order valence-electron chi connectivity index (χ1n) is 6.65. The Morgan fingerprint density at radius 3 is 2.81 bits per heavy atom. The molecule has 2 rings (SSSR count). The molecule has 3 heteroatoms. The molecule has 2 aliphatic rings. The molecular weight excluding hydrogens is 218 g/mol. The zero-order chi connectivity index (χ0) is 11.3. The second-order valence-corrected chi connectivity index (χ2v) is 6.54. The molecule has 0 spiro atoms. The Morgan fingerprint density at radius 2 is 2.25 bits per heavy atom. The molecule has 0 amide bonds. The van der Waals surface area contributed by atoms with Gasteiger partial charge in [0.1, 0.15) is 0 Å². The van der Waals surface area contributed by atoms with Crippen molar-refractivity contribution in [3.05, 3.63) is 0 Å². The average Bonchev–Trinajstić information content (AvgIpc) is 2.29. The Kier molecular flexibility index (Phi) is 4.98. The lowest BCUT2D eigenvalue weighted by molar-refractivity contribution is 0.0667. The zero-order valence-corrected chi connectivity index (χ0v) is 11.3. The molecule has 0 aromatic carbocycles. The fourth-order valence-corrected chi connectivity index (χ4v) is 3.88. The highest BCUT2D eigenvalue weighted by Crippen LogP contribution is 2.43. The maximum atomic E-state index is 5.23. The summed E-state index contributed by atoms with van der Waals surface area (Å²) in [6.07, 6.45) is 8.26. The monoisotopic (exact) mass is 243 g/mol. The van der Waals surface area contributed by atoms with E-state index in [1.807, 2.05) is 7.11 Å². The van der Waals surface area contributed by atoms with Crippen molar-refractivity contribution >= 4 is 11.8 Å². The van der Waals surface area contributed by atoms with Crippen LogP contribution in [0.15, 0.2) is 0 Å². The first-order valence-corrected chi connectivity index (χ1v) is 7.80. The number of methoxy groups -OCH3 is 1. The Hall–Kier alpha value is 0.270. The van der Waals surface area contributed by atoms with E-state index in [1.54, 1.807) is 0 Å². The smallest absolute Gasteiger partial charge is 0.0468 e. The van der Waals surface area contributed by atoms with Gasteiger partial charge in [0, 0.05) is 32.1 Å². The molecule has 0 aromatic heterocycles. The van der Waals surface area contributed by atoms with Gasteiger partial charge in [0.15, 0.2) is 0 Å². The van der Waals surface area contributed by atoms with E-state index in [2.05, 4.69) is 17.1 Å². The van der Waals surface area contributed by atoms with E-state index in [9.17, 15) is 0 Å². The van der Waals surface area contributed by atoms with E-state index in [-0.39, 0.29) is 0 Å². The predicted molar refractivity (Wildman–Crippen MR) is 71.1 cm³/mol. The van der Waals surface area contributed by atoms with Crippen LogP contribution in [0.3, 0.4) is 0 Å². The minimum atomic E-state index is 0.581. The Bertz CT molecular complexity index is 200. The summed E-state index contributed by atoms with van der Waals surface area (Å²) in [5.41, 5.74) is 0.581. The van der Waals surface area contributed by atoms with Gasteiger partial charge >= 0.3 is 0 Å². The van der Waals surface area contributed by atoms with Gasteiger partial charge in [-0.3, -0.25) is 0 Å². The quantitative estimate of drug-likeness (QED) is 0.775. The summed E-state index contributed by atoms with van der Waals surface area (Å²) in [5.74, 6) is 2.69. The maximum absolute atomic E-state index is 5.23. The van der Waals surface area contributed by atoms with E-state index in [4.69, 9.17) is 4.74 Å². The van der Waals surface area contributed by atoms with Crippen LogP contribution in [0.25, 0.3) is 0 Å². The molecule has 1 aliphatic carbocycles. The Morgan fingerprint density at radius 1 is 1.38 bits per heavy atom. The lowest BCUT2D eigenvalue weighted by Gasteiger charge is -2.43. The van der Waals surface area contributed by atoms with Crippen LogP contribution in [-0.4, -0.2) is 37.8 Å². The summed E-state index contributed by atoms with van der Waals surface area (Å²) in [7, 11) is 1.82. The molecule has 1 unspecified atom stereocenters. The first-order chi connectivity index (χ1) is 7.85. The number of ether oxygens (including phenoxy) is 1. The third-order valence-corrected chi connectivity index (χ3v) is 5.39. The molecule has 1 saturated carbocycles. The maximum Gasteiger partial charge on any atom is 0.0468 e. The molecular formula is C13H25NOS. The van der Waals surface area contributed by atoms with Crippen molar-refractivity contribution < 1.29 is 4.74 Å². The van der Waals surface area contributed by atoms with Crippen molar-refractivity contribution in [3.63, 3.8) is 0 Å². The fraction of sp³-hybridized carbons (Fsp3) is 1.00. The molecule has 94 valence electrons. The van der Waals surface area contributed by atoms with Crippen molar-refractivity contribution in [1.82, 2.24) is 5.32 Å². The van der Waals surface area contributed by atoms with Gasteiger partial charge in [-0.15, -0.1) is 0 Å². The van der Waals surface area contributed by atoms with E-state index >= 15 is 0 Å². The molecule has 0 radical (unpaired) electrons. The van der Waals surface area contributed by atoms with Gasteiger partial charge in [-0.25, -0.2) is 0 Å². The van der Waals surface area contributed by atoms with Gasteiger partial charge in [-0.2, -0.15) is 11.8 Å². The van der Waals surface area contributed by atoms with Crippen LogP contribution >= 0.6 is 11.8 Å². The second kappa shape index (κ2) is 6.27. The number of hydrogen-bond donors (Lipinski definition) is 1. The number of hydrogen-bond acceptors (Lipinski definition) is 3. The third kappa shape index (κ3) is 3.38. The fourth-order valence-electron chi connectivity index (χ4n) is 2.77. The molecule has 1 N–H and O–H groups in total. The topological polar surface area (TPSA) is 21.3 Å². The summed E-state index contributed by atoms with van der Waals surface area (Å²) in [6, 6.07) is 0.777. The average molecular weight is 243 g/mol. The van der Waals surface area contributed by atoms with Crippen LogP contribution in [0.1, 0.15) is 38.5 Å². The minimum absolute atomic E-state index is 0.581. The van der Waals surface area contributed by atoms with Gasteiger partial charge < -0.3 is 10.1 Å². The molecule has 1 atom stereocenters. The third-order valence-electron chi connectivity index (χ3n) is 4.18. The molecule has 0 aromatic rings. The van der Waals surface area contributed by atoms with Crippen LogP contribution in [-0.2, 0) is 4.74 Å². The van der Waals surface area contributed by atoms with Gasteiger partial charge in [0.05, 0.1) is 0 Å². The zero-order valence-electron chi connectivity index (χ0n) is 10.5. The van der Waals surface area contributed by atoms with E-state index in [1.165, 1.54) is 56.6 Å². The van der Waals surface area contributed by atoms with Crippen LogP contribution in [0.4, 0.5) is 0 Å². The molecule has 16 heavy (non-hydrogen) atoms. The summed E-state index contributed by atoms with van der Waals surface area (Å²) in [6.45, 7) is 2.16. The lowest BCUT2D eigenvalue weighted by atomic mass is 9.66. The highest BCUT2D eigenvalue weighted by atomic mass is 32.2. The summed E-state index contributed by atoms with van der Waals surface area (Å²) < 4.78 is 5.23. The molecule has 1 aliphatic heterocycles. The summed E-state index contributed by atoms with van der Waals surface area (Å²) in [4.78, 5) is 0. The first kappa shape index (κ1) is 12.7. The van der Waals surface area contributed by atoms with Crippen LogP contribution in [0, 0.1) is 5.41 Å². The van der Waals surface area contributed by atoms with Gasteiger partial charge in [0.2, 0.25) is 0 Å². The standard InChI is InChI=1S/C13H25NOS/c1-15-8-7-13(5-3-6-13)11-14-12-4-2-9-16-10-12/h12,14H,2-11H2,1H3. The Balaban J connectivity index is 1.69. The largest absolute Gasteiger partial charge is 0.385 e. The molecule has 0 bridgehead atoms. The number of nitrogens with one attached hydrogen (secondary N) is 1. The number of rotatable bonds is 6. The van der Waals surface area contributed by atoms with Crippen molar-refractivity contribution in [2.75, 3.05) is 31.8 Å². The van der Waals surface area contributed by atoms with Crippen molar-refractivity contribution in [2.24, 2.45) is 5.41 Å². The molecule has 2 nitrogen and oxygen atoms in total. The lowest BCUT2D eigenvalue weighted by Crippen LogP contribution is -2.45. The molecule has 1 saturated heterocycles. The van der Waals surface area contributed by atoms with Crippen LogP contribution in [0.5, 0.6) is 0 Å². The van der Waals surface area contributed by atoms with Crippen LogP contribution in [0.2, 0.25) is 0 Å². The second-order valence-electron chi connectivity index (χ2n) is 5.39. The predicted octanol–water partition coefficient (Wildman–Crippen LogP) is 2.68.